The molecule has 0 atom stereocenters. The highest BCUT2D eigenvalue weighted by atomic mass is 16.2. The van der Waals surface area contributed by atoms with E-state index in [1.807, 2.05) is 42.2 Å². The maximum absolute atomic E-state index is 12.9. The summed E-state index contributed by atoms with van der Waals surface area (Å²) in [5, 5.41) is 0. The Morgan fingerprint density at radius 1 is 1.21 bits per heavy atom. The number of anilines is 1. The van der Waals surface area contributed by atoms with Crippen molar-refractivity contribution in [3.8, 4) is 0 Å². The Hall–Kier alpha value is -1.35. The molecule has 0 radical (unpaired) electrons. The molecule has 1 aromatic carbocycles. The monoisotopic (exact) mass is 260 g/mol. The van der Waals surface area contributed by atoms with E-state index >= 15 is 0 Å². The van der Waals surface area contributed by atoms with E-state index in [1.165, 1.54) is 6.42 Å². The van der Waals surface area contributed by atoms with Crippen LogP contribution in [0.25, 0.3) is 0 Å². The van der Waals surface area contributed by atoms with Gasteiger partial charge in [-0.3, -0.25) is 4.79 Å². The number of amides is 1. The minimum absolute atomic E-state index is 0.211. The highest BCUT2D eigenvalue weighted by molar-refractivity contribution is 5.97. The van der Waals surface area contributed by atoms with Gasteiger partial charge in [0, 0.05) is 18.8 Å². The number of rotatable bonds is 4. The van der Waals surface area contributed by atoms with Crippen LogP contribution in [0.2, 0.25) is 0 Å². The summed E-state index contributed by atoms with van der Waals surface area (Å²) in [6.45, 7) is 3.19. The van der Waals surface area contributed by atoms with Crippen molar-refractivity contribution in [1.82, 2.24) is 0 Å². The van der Waals surface area contributed by atoms with Crippen molar-refractivity contribution in [1.29, 1.82) is 0 Å². The largest absolute Gasteiger partial charge is 0.329 e. The molecule has 3 nitrogen and oxygen atoms in total. The Morgan fingerprint density at radius 2 is 1.84 bits per heavy atom. The molecule has 0 spiro atoms. The summed E-state index contributed by atoms with van der Waals surface area (Å²) in [5.74, 6) is 0.211. The first-order chi connectivity index (χ1) is 9.23. The molecular formula is C16H24N2O. The molecule has 2 N–H and O–H groups in total. The van der Waals surface area contributed by atoms with E-state index in [9.17, 15) is 4.79 Å². The highest BCUT2D eigenvalue weighted by Crippen LogP contribution is 2.38. The van der Waals surface area contributed by atoms with Crippen LogP contribution in [-0.4, -0.2) is 19.0 Å². The van der Waals surface area contributed by atoms with Crippen LogP contribution in [0.3, 0.4) is 0 Å². The maximum atomic E-state index is 12.9. The smallest absolute Gasteiger partial charge is 0.234 e. The van der Waals surface area contributed by atoms with Crippen LogP contribution in [0.1, 0.15) is 39.0 Å². The predicted octanol–water partition coefficient (Wildman–Crippen LogP) is 2.95. The molecule has 0 aromatic heterocycles. The third kappa shape index (κ3) is 2.81. The molecule has 2 rings (SSSR count). The number of nitrogens with zero attached hydrogens (tertiary/aromatic N) is 1. The molecular weight excluding hydrogens is 236 g/mol. The average Bonchev–Trinajstić information content (AvgIpc) is 2.49. The topological polar surface area (TPSA) is 46.3 Å². The molecule has 0 heterocycles. The SMILES string of the molecule is CCN(C(=O)C1(CN)CCCCC1)c1ccccc1. The van der Waals surface area contributed by atoms with Gasteiger partial charge >= 0.3 is 0 Å². The van der Waals surface area contributed by atoms with Gasteiger partial charge in [-0.2, -0.15) is 0 Å². The fourth-order valence-electron chi connectivity index (χ4n) is 3.07. The van der Waals surface area contributed by atoms with E-state index in [0.717, 1.165) is 31.4 Å². The molecule has 1 aliphatic carbocycles. The second-order valence-corrected chi connectivity index (χ2v) is 5.43. The first kappa shape index (κ1) is 14.1. The van der Waals surface area contributed by atoms with Gasteiger partial charge in [-0.05, 0) is 31.9 Å². The molecule has 0 aliphatic heterocycles. The van der Waals surface area contributed by atoms with Crippen LogP contribution in [0.5, 0.6) is 0 Å². The van der Waals surface area contributed by atoms with Crippen molar-refractivity contribution in [3.63, 3.8) is 0 Å². The third-order valence-electron chi connectivity index (χ3n) is 4.28. The molecule has 0 bridgehead atoms. The predicted molar refractivity (Wildman–Crippen MR) is 79.0 cm³/mol. The van der Waals surface area contributed by atoms with Crippen molar-refractivity contribution >= 4 is 11.6 Å². The van der Waals surface area contributed by atoms with Crippen LogP contribution >= 0.6 is 0 Å². The van der Waals surface area contributed by atoms with Crippen molar-refractivity contribution in [3.05, 3.63) is 30.3 Å². The summed E-state index contributed by atoms with van der Waals surface area (Å²) in [6.07, 6.45) is 5.34. The zero-order valence-electron chi connectivity index (χ0n) is 11.8. The van der Waals surface area contributed by atoms with Gasteiger partial charge in [0.1, 0.15) is 0 Å². The Balaban J connectivity index is 2.24. The second kappa shape index (κ2) is 6.20. The van der Waals surface area contributed by atoms with Gasteiger partial charge in [0.05, 0.1) is 5.41 Å². The van der Waals surface area contributed by atoms with Crippen LogP contribution in [0.15, 0.2) is 30.3 Å². The van der Waals surface area contributed by atoms with Crippen LogP contribution in [-0.2, 0) is 4.79 Å². The highest BCUT2D eigenvalue weighted by Gasteiger charge is 2.40. The molecule has 1 aliphatic rings. The van der Waals surface area contributed by atoms with Gasteiger partial charge in [0.15, 0.2) is 0 Å². The first-order valence-electron chi connectivity index (χ1n) is 7.30. The number of para-hydroxylation sites is 1. The third-order valence-corrected chi connectivity index (χ3v) is 4.28. The lowest BCUT2D eigenvalue weighted by atomic mass is 9.73. The standard InChI is InChI=1S/C16H24N2O/c1-2-18(14-9-5-3-6-10-14)15(19)16(13-17)11-7-4-8-12-16/h3,5-6,9-10H,2,4,7-8,11-13,17H2,1H3. The Bertz CT molecular complexity index is 410. The van der Waals surface area contributed by atoms with Gasteiger partial charge in [0.25, 0.3) is 0 Å². The van der Waals surface area contributed by atoms with Crippen LogP contribution in [0.4, 0.5) is 5.69 Å². The number of benzene rings is 1. The molecule has 19 heavy (non-hydrogen) atoms. The zero-order valence-corrected chi connectivity index (χ0v) is 11.8. The van der Waals surface area contributed by atoms with Crippen LogP contribution in [0, 0.1) is 5.41 Å². The number of nitrogens with two attached hydrogens (primary N) is 1. The number of hydrogen-bond acceptors (Lipinski definition) is 2. The Labute approximate surface area is 115 Å². The van der Waals surface area contributed by atoms with E-state index in [1.54, 1.807) is 0 Å². The van der Waals surface area contributed by atoms with E-state index in [4.69, 9.17) is 5.73 Å². The van der Waals surface area contributed by atoms with Crippen molar-refractivity contribution in [2.24, 2.45) is 11.1 Å². The first-order valence-corrected chi connectivity index (χ1v) is 7.30. The Kier molecular flexibility index (Phi) is 4.59. The molecule has 0 saturated heterocycles. The number of carbonyl (C=O) groups excluding carboxylic acids is 1. The lowest BCUT2D eigenvalue weighted by molar-refractivity contribution is -0.129. The summed E-state index contributed by atoms with van der Waals surface area (Å²) < 4.78 is 0. The molecule has 104 valence electrons. The number of hydrogen-bond donors (Lipinski definition) is 1. The van der Waals surface area contributed by atoms with Crippen LogP contribution < -0.4 is 10.6 Å². The fourth-order valence-corrected chi connectivity index (χ4v) is 3.07. The summed E-state index contributed by atoms with van der Waals surface area (Å²) in [7, 11) is 0. The Morgan fingerprint density at radius 3 is 2.37 bits per heavy atom. The molecule has 0 unspecified atom stereocenters. The lowest BCUT2D eigenvalue weighted by Gasteiger charge is -2.38. The van der Waals surface area contributed by atoms with Crippen molar-refractivity contribution in [2.45, 2.75) is 39.0 Å². The lowest BCUT2D eigenvalue weighted by Crippen LogP contribution is -2.49. The summed E-state index contributed by atoms with van der Waals surface area (Å²) in [5.41, 5.74) is 6.61. The van der Waals surface area contributed by atoms with E-state index < -0.39 is 0 Å². The van der Waals surface area contributed by atoms with Gasteiger partial charge in [-0.25, -0.2) is 0 Å². The average molecular weight is 260 g/mol. The quantitative estimate of drug-likeness (QED) is 0.904. The molecule has 1 fully saturated rings. The van der Waals surface area contributed by atoms with Crippen molar-refractivity contribution in [2.75, 3.05) is 18.0 Å². The van der Waals surface area contributed by atoms with E-state index in [2.05, 4.69) is 0 Å². The summed E-state index contributed by atoms with van der Waals surface area (Å²) in [4.78, 5) is 14.8. The van der Waals surface area contributed by atoms with Gasteiger partial charge < -0.3 is 10.6 Å². The minimum atomic E-state index is -0.329. The molecule has 1 amide bonds. The van der Waals surface area contributed by atoms with Gasteiger partial charge in [-0.1, -0.05) is 37.5 Å². The minimum Gasteiger partial charge on any atom is -0.329 e. The van der Waals surface area contributed by atoms with E-state index in [0.29, 0.717) is 13.1 Å². The molecule has 3 heteroatoms. The summed E-state index contributed by atoms with van der Waals surface area (Å²) in [6, 6.07) is 9.91. The maximum Gasteiger partial charge on any atom is 0.234 e. The van der Waals surface area contributed by atoms with E-state index in [-0.39, 0.29) is 11.3 Å². The second-order valence-electron chi connectivity index (χ2n) is 5.43. The van der Waals surface area contributed by atoms with Gasteiger partial charge in [0.2, 0.25) is 5.91 Å². The van der Waals surface area contributed by atoms with Gasteiger partial charge in [-0.15, -0.1) is 0 Å². The zero-order chi connectivity index (χ0) is 13.7. The fraction of sp³-hybridized carbons (Fsp3) is 0.562. The number of carbonyl (C=O) groups is 1. The van der Waals surface area contributed by atoms with Crippen molar-refractivity contribution < 1.29 is 4.79 Å². The molecule has 1 saturated carbocycles. The molecule has 1 aromatic rings. The normalized spacial score (nSPS) is 18.0. The summed E-state index contributed by atoms with van der Waals surface area (Å²) >= 11 is 0.